The van der Waals surface area contributed by atoms with Crippen molar-refractivity contribution in [2.45, 2.75) is 63.8 Å². The topological polar surface area (TPSA) is 58.5 Å². The first-order valence-electron chi connectivity index (χ1n) is 10.9. The minimum atomic E-state index is 0.541. The summed E-state index contributed by atoms with van der Waals surface area (Å²) in [4.78, 5) is 15.6. The van der Waals surface area contributed by atoms with E-state index in [1.54, 1.807) is 0 Å². The van der Waals surface area contributed by atoms with Crippen LogP contribution in [0.15, 0.2) is 18.6 Å². The number of nitrogens with one attached hydrogen (secondary N) is 1. The summed E-state index contributed by atoms with van der Waals surface area (Å²) in [5.74, 6) is 1.10. The molecule has 2 fully saturated rings. The average Bonchev–Trinajstić information content (AvgIpc) is 3.38. The molecule has 0 aromatic carbocycles. The molecule has 0 radical (unpaired) electrons. The first-order chi connectivity index (χ1) is 13.7. The maximum atomic E-state index is 5.57. The zero-order valence-corrected chi connectivity index (χ0v) is 17.0. The molecule has 1 N–H and O–H groups in total. The molecule has 2 aliphatic rings. The summed E-state index contributed by atoms with van der Waals surface area (Å²) in [5.41, 5.74) is 5.74. The summed E-state index contributed by atoms with van der Waals surface area (Å²) in [5, 5.41) is 0. The smallest absolute Gasteiger partial charge is 0.156 e. The van der Waals surface area contributed by atoms with Crippen molar-refractivity contribution in [3.05, 3.63) is 29.8 Å². The van der Waals surface area contributed by atoms with Crippen LogP contribution in [0.2, 0.25) is 0 Å². The minimum absolute atomic E-state index is 0.541. The molecule has 0 amide bonds. The Morgan fingerprint density at radius 1 is 1.18 bits per heavy atom. The van der Waals surface area contributed by atoms with Gasteiger partial charge in [0.2, 0.25) is 0 Å². The van der Waals surface area contributed by atoms with Crippen molar-refractivity contribution in [2.75, 3.05) is 26.3 Å². The second kappa shape index (κ2) is 7.48. The highest BCUT2D eigenvalue weighted by Gasteiger charge is 2.26. The standard InChI is InChI=1S/C22H31N5O/c1-3-15(2)26-8-4-17(5-9-26)19-14-27-20(25-19)13-24-22-21(27)18(12-23-22)16-6-10-28-11-7-16/h12-17,23H,3-11H2,1-2H3. The zero-order chi connectivity index (χ0) is 19.1. The van der Waals surface area contributed by atoms with Crippen LogP contribution >= 0.6 is 0 Å². The number of ether oxygens (including phenoxy) is 1. The molecular weight excluding hydrogens is 350 g/mol. The molecule has 6 nitrogen and oxygen atoms in total. The highest BCUT2D eigenvalue weighted by atomic mass is 16.5. The molecule has 3 aromatic rings. The van der Waals surface area contributed by atoms with Crippen LogP contribution in [-0.4, -0.2) is 56.6 Å². The molecule has 0 saturated carbocycles. The Morgan fingerprint density at radius 3 is 2.71 bits per heavy atom. The van der Waals surface area contributed by atoms with E-state index >= 15 is 0 Å². The summed E-state index contributed by atoms with van der Waals surface area (Å²) in [6.07, 6.45) is 12.1. The number of piperidine rings is 1. The van der Waals surface area contributed by atoms with E-state index in [1.165, 1.54) is 49.1 Å². The molecule has 5 heterocycles. The van der Waals surface area contributed by atoms with Gasteiger partial charge in [0.05, 0.1) is 17.4 Å². The number of likely N-dealkylation sites (tertiary alicyclic amines) is 1. The molecule has 2 aliphatic heterocycles. The monoisotopic (exact) mass is 381 g/mol. The molecule has 1 unspecified atom stereocenters. The fraction of sp³-hybridized carbons (Fsp3) is 0.636. The summed E-state index contributed by atoms with van der Waals surface area (Å²) in [6.45, 7) is 8.69. The van der Waals surface area contributed by atoms with Crippen molar-refractivity contribution >= 4 is 16.8 Å². The van der Waals surface area contributed by atoms with Gasteiger partial charge in [-0.3, -0.25) is 4.40 Å². The lowest BCUT2D eigenvalue weighted by Gasteiger charge is -2.35. The Morgan fingerprint density at radius 2 is 1.96 bits per heavy atom. The van der Waals surface area contributed by atoms with Crippen LogP contribution in [0.3, 0.4) is 0 Å². The van der Waals surface area contributed by atoms with Gasteiger partial charge in [-0.2, -0.15) is 0 Å². The lowest BCUT2D eigenvalue weighted by Crippen LogP contribution is -2.39. The molecule has 28 heavy (non-hydrogen) atoms. The summed E-state index contributed by atoms with van der Waals surface area (Å²) >= 11 is 0. The van der Waals surface area contributed by atoms with E-state index in [-0.39, 0.29) is 0 Å². The molecule has 3 aromatic heterocycles. The summed E-state index contributed by atoms with van der Waals surface area (Å²) in [7, 11) is 0. The van der Waals surface area contributed by atoms with E-state index in [4.69, 9.17) is 9.72 Å². The van der Waals surface area contributed by atoms with Crippen LogP contribution in [-0.2, 0) is 4.74 Å². The van der Waals surface area contributed by atoms with Crippen molar-refractivity contribution in [1.29, 1.82) is 0 Å². The van der Waals surface area contributed by atoms with Crippen LogP contribution < -0.4 is 0 Å². The Hall–Kier alpha value is -1.92. The van der Waals surface area contributed by atoms with Crippen molar-refractivity contribution < 1.29 is 4.74 Å². The fourth-order valence-electron chi connectivity index (χ4n) is 4.99. The number of H-pyrrole nitrogens is 1. The van der Waals surface area contributed by atoms with Crippen LogP contribution in [0.1, 0.15) is 69.0 Å². The second-order valence-corrected chi connectivity index (χ2v) is 8.55. The molecule has 0 bridgehead atoms. The lowest BCUT2D eigenvalue weighted by molar-refractivity contribution is 0.0856. The van der Waals surface area contributed by atoms with Gasteiger partial charge in [0.25, 0.3) is 0 Å². The first kappa shape index (κ1) is 18.1. The molecular formula is C22H31N5O. The second-order valence-electron chi connectivity index (χ2n) is 8.55. The van der Waals surface area contributed by atoms with Gasteiger partial charge < -0.3 is 14.6 Å². The Labute approximate surface area is 166 Å². The van der Waals surface area contributed by atoms with E-state index in [2.05, 4.69) is 45.5 Å². The molecule has 5 rings (SSSR count). The summed E-state index contributed by atoms with van der Waals surface area (Å²) < 4.78 is 7.84. The maximum absolute atomic E-state index is 5.57. The molecule has 0 aliphatic carbocycles. The van der Waals surface area contributed by atoms with Gasteiger partial charge >= 0.3 is 0 Å². The van der Waals surface area contributed by atoms with Gasteiger partial charge in [-0.25, -0.2) is 9.97 Å². The quantitative estimate of drug-likeness (QED) is 0.740. The van der Waals surface area contributed by atoms with Crippen molar-refractivity contribution in [3.8, 4) is 0 Å². The van der Waals surface area contributed by atoms with E-state index in [1.807, 2.05) is 6.20 Å². The van der Waals surface area contributed by atoms with E-state index in [0.29, 0.717) is 17.9 Å². The fourth-order valence-corrected chi connectivity index (χ4v) is 4.99. The van der Waals surface area contributed by atoms with Gasteiger partial charge in [-0.1, -0.05) is 6.92 Å². The van der Waals surface area contributed by atoms with Crippen LogP contribution in [0, 0.1) is 0 Å². The first-order valence-corrected chi connectivity index (χ1v) is 10.9. The Balaban J connectivity index is 1.46. The third-order valence-electron chi connectivity index (χ3n) is 6.99. The number of rotatable bonds is 4. The van der Waals surface area contributed by atoms with E-state index in [0.717, 1.165) is 37.3 Å². The van der Waals surface area contributed by atoms with Crippen LogP contribution in [0.4, 0.5) is 0 Å². The van der Waals surface area contributed by atoms with Crippen molar-refractivity contribution in [3.63, 3.8) is 0 Å². The van der Waals surface area contributed by atoms with Gasteiger partial charge in [-0.15, -0.1) is 0 Å². The predicted octanol–water partition coefficient (Wildman–Crippen LogP) is 4.08. The van der Waals surface area contributed by atoms with Gasteiger partial charge in [-0.05, 0) is 63.6 Å². The third kappa shape index (κ3) is 3.12. The number of aromatic amines is 1. The lowest BCUT2D eigenvalue weighted by atomic mass is 9.92. The molecule has 0 spiro atoms. The largest absolute Gasteiger partial charge is 0.381 e. The number of hydrogen-bond acceptors (Lipinski definition) is 4. The highest BCUT2D eigenvalue weighted by Crippen LogP contribution is 2.34. The van der Waals surface area contributed by atoms with Gasteiger partial charge in [0.1, 0.15) is 0 Å². The Bertz CT molecular complexity index is 947. The Kier molecular flexibility index (Phi) is 4.85. The highest BCUT2D eigenvalue weighted by molar-refractivity contribution is 5.79. The van der Waals surface area contributed by atoms with E-state index < -0.39 is 0 Å². The number of imidazole rings is 1. The minimum Gasteiger partial charge on any atom is -0.381 e. The predicted molar refractivity (Wildman–Crippen MR) is 111 cm³/mol. The molecule has 2 saturated heterocycles. The number of aromatic nitrogens is 4. The third-order valence-corrected chi connectivity index (χ3v) is 6.99. The average molecular weight is 382 g/mol. The normalized spacial score (nSPS) is 21.6. The van der Waals surface area contributed by atoms with Crippen LogP contribution in [0.5, 0.6) is 0 Å². The van der Waals surface area contributed by atoms with E-state index in [9.17, 15) is 0 Å². The molecule has 150 valence electrons. The van der Waals surface area contributed by atoms with Crippen molar-refractivity contribution in [1.82, 2.24) is 24.3 Å². The molecule has 6 heteroatoms. The maximum Gasteiger partial charge on any atom is 0.156 e. The number of hydrogen-bond donors (Lipinski definition) is 1. The van der Waals surface area contributed by atoms with Crippen molar-refractivity contribution in [2.24, 2.45) is 0 Å². The van der Waals surface area contributed by atoms with Crippen LogP contribution in [0.25, 0.3) is 16.8 Å². The van der Waals surface area contributed by atoms with Gasteiger partial charge in [0, 0.05) is 37.6 Å². The number of fused-ring (bicyclic) bond motifs is 3. The summed E-state index contributed by atoms with van der Waals surface area (Å²) in [6, 6.07) is 0.688. The SMILES string of the molecule is CCC(C)N1CCC(c2cn3c(cnc4[nH]cc(C5CCOCC5)c43)n2)CC1. The zero-order valence-electron chi connectivity index (χ0n) is 17.0. The number of nitrogens with zero attached hydrogens (tertiary/aromatic N) is 4. The van der Waals surface area contributed by atoms with Gasteiger partial charge in [0.15, 0.2) is 11.3 Å². The molecule has 1 atom stereocenters.